The number of esters is 1. The average molecular weight is 300 g/mol. The monoisotopic (exact) mass is 300 g/mol. The molecule has 2 aromatic carbocycles. The molecule has 0 bridgehead atoms. The summed E-state index contributed by atoms with van der Waals surface area (Å²) in [5.41, 5.74) is 0.901. The summed E-state index contributed by atoms with van der Waals surface area (Å²) >= 11 is 1.22. The molecule has 2 aromatic rings. The first kappa shape index (κ1) is 15.3. The van der Waals surface area contributed by atoms with Crippen LogP contribution < -0.4 is 0 Å². The molecule has 1 atom stereocenters. The Morgan fingerprint density at radius 3 is 2.14 bits per heavy atom. The van der Waals surface area contributed by atoms with Gasteiger partial charge in [-0.25, -0.2) is 0 Å². The van der Waals surface area contributed by atoms with Gasteiger partial charge in [-0.3, -0.25) is 9.59 Å². The molecule has 0 saturated heterocycles. The molecule has 0 radical (unpaired) electrons. The summed E-state index contributed by atoms with van der Waals surface area (Å²) in [4.78, 5) is 24.6. The van der Waals surface area contributed by atoms with Crippen molar-refractivity contribution >= 4 is 23.5 Å². The molecule has 0 aromatic heterocycles. The van der Waals surface area contributed by atoms with Crippen LogP contribution in [0.15, 0.2) is 65.6 Å². The molecule has 1 unspecified atom stereocenters. The van der Waals surface area contributed by atoms with Crippen LogP contribution >= 0.6 is 11.8 Å². The zero-order valence-electron chi connectivity index (χ0n) is 11.7. The van der Waals surface area contributed by atoms with E-state index in [4.69, 9.17) is 4.74 Å². The number of carbonyl (C=O) groups is 2. The molecular formula is C17H16O3S. The fraction of sp³-hybridized carbons (Fsp3) is 0.176. The molecule has 0 N–H and O–H groups in total. The first-order chi connectivity index (χ1) is 10.2. The first-order valence-electron chi connectivity index (χ1n) is 6.59. The number of thioether (sulfide) groups is 1. The van der Waals surface area contributed by atoms with Crippen molar-refractivity contribution < 1.29 is 14.3 Å². The second-order valence-corrected chi connectivity index (χ2v) is 5.69. The number of ketones is 1. The SMILES string of the molecule is CC(=O)C(Sc1ccccc1)C(=O)OCc1ccccc1. The van der Waals surface area contributed by atoms with Crippen LogP contribution in [0.5, 0.6) is 0 Å². The summed E-state index contributed by atoms with van der Waals surface area (Å²) in [5.74, 6) is -0.706. The van der Waals surface area contributed by atoms with Crippen molar-refractivity contribution in [1.29, 1.82) is 0 Å². The summed E-state index contributed by atoms with van der Waals surface area (Å²) in [6.07, 6.45) is 0. The lowest BCUT2D eigenvalue weighted by molar-refractivity contribution is -0.146. The number of ether oxygens (including phenoxy) is 1. The smallest absolute Gasteiger partial charge is 0.327 e. The van der Waals surface area contributed by atoms with Gasteiger partial charge in [-0.15, -0.1) is 11.8 Å². The molecule has 21 heavy (non-hydrogen) atoms. The van der Waals surface area contributed by atoms with Crippen molar-refractivity contribution in [2.45, 2.75) is 23.7 Å². The highest BCUT2D eigenvalue weighted by molar-refractivity contribution is 8.01. The van der Waals surface area contributed by atoms with Crippen molar-refractivity contribution in [3.63, 3.8) is 0 Å². The Labute approximate surface area is 128 Å². The first-order valence-corrected chi connectivity index (χ1v) is 7.47. The summed E-state index contributed by atoms with van der Waals surface area (Å²) in [6.45, 7) is 1.59. The number of hydrogen-bond donors (Lipinski definition) is 0. The zero-order chi connectivity index (χ0) is 15.1. The molecular weight excluding hydrogens is 284 g/mol. The maximum absolute atomic E-state index is 12.1. The van der Waals surface area contributed by atoms with Crippen LogP contribution in [0.1, 0.15) is 12.5 Å². The maximum atomic E-state index is 12.1. The van der Waals surface area contributed by atoms with Gasteiger partial charge in [0.2, 0.25) is 0 Å². The van der Waals surface area contributed by atoms with Crippen LogP contribution in [0.4, 0.5) is 0 Å². The third kappa shape index (κ3) is 4.76. The van der Waals surface area contributed by atoms with E-state index in [2.05, 4.69) is 0 Å². The third-order valence-electron chi connectivity index (χ3n) is 2.80. The van der Waals surface area contributed by atoms with E-state index in [1.807, 2.05) is 60.7 Å². The minimum Gasteiger partial charge on any atom is -0.460 e. The Morgan fingerprint density at radius 2 is 1.57 bits per heavy atom. The van der Waals surface area contributed by atoms with E-state index >= 15 is 0 Å². The summed E-state index contributed by atoms with van der Waals surface area (Å²) < 4.78 is 5.24. The van der Waals surface area contributed by atoms with Gasteiger partial charge in [-0.05, 0) is 24.6 Å². The van der Waals surface area contributed by atoms with Gasteiger partial charge in [0.1, 0.15) is 6.61 Å². The van der Waals surface area contributed by atoms with E-state index in [0.717, 1.165) is 10.5 Å². The maximum Gasteiger partial charge on any atom is 0.327 e. The average Bonchev–Trinajstić information content (AvgIpc) is 2.52. The van der Waals surface area contributed by atoms with Crippen LogP contribution in [-0.4, -0.2) is 17.0 Å². The fourth-order valence-corrected chi connectivity index (χ4v) is 2.65. The van der Waals surface area contributed by atoms with E-state index in [-0.39, 0.29) is 12.4 Å². The van der Waals surface area contributed by atoms with Gasteiger partial charge < -0.3 is 4.74 Å². The molecule has 2 rings (SSSR count). The predicted molar refractivity (Wildman–Crippen MR) is 83.0 cm³/mol. The van der Waals surface area contributed by atoms with Crippen LogP contribution in [0.3, 0.4) is 0 Å². The molecule has 0 amide bonds. The highest BCUT2D eigenvalue weighted by Crippen LogP contribution is 2.24. The van der Waals surface area contributed by atoms with Gasteiger partial charge in [0.15, 0.2) is 11.0 Å². The quantitative estimate of drug-likeness (QED) is 0.465. The van der Waals surface area contributed by atoms with E-state index < -0.39 is 11.2 Å². The number of benzene rings is 2. The van der Waals surface area contributed by atoms with Crippen LogP contribution in [0.25, 0.3) is 0 Å². The van der Waals surface area contributed by atoms with Crippen molar-refractivity contribution in [3.8, 4) is 0 Å². The van der Waals surface area contributed by atoms with E-state index in [9.17, 15) is 9.59 Å². The molecule has 0 aliphatic rings. The molecule has 0 spiro atoms. The predicted octanol–water partition coefficient (Wildman–Crippen LogP) is 3.48. The summed E-state index contributed by atoms with van der Waals surface area (Å²) in [5, 5.41) is -0.823. The van der Waals surface area contributed by atoms with Crippen molar-refractivity contribution in [1.82, 2.24) is 0 Å². The Balaban J connectivity index is 1.98. The largest absolute Gasteiger partial charge is 0.460 e. The Bertz CT molecular complexity index is 596. The van der Waals surface area contributed by atoms with E-state index in [1.165, 1.54) is 18.7 Å². The van der Waals surface area contributed by atoms with Gasteiger partial charge in [0, 0.05) is 4.90 Å². The molecule has 0 heterocycles. The van der Waals surface area contributed by atoms with Crippen LogP contribution in [0, 0.1) is 0 Å². The molecule has 0 saturated carbocycles. The molecule has 4 heteroatoms. The second kappa shape index (κ2) is 7.64. The van der Waals surface area contributed by atoms with Crippen molar-refractivity contribution in [3.05, 3.63) is 66.2 Å². The molecule has 3 nitrogen and oxygen atoms in total. The molecule has 0 aliphatic carbocycles. The van der Waals surface area contributed by atoms with E-state index in [1.54, 1.807) is 0 Å². The lowest BCUT2D eigenvalue weighted by Crippen LogP contribution is -2.27. The Morgan fingerprint density at radius 1 is 1.00 bits per heavy atom. The minimum atomic E-state index is -0.823. The van der Waals surface area contributed by atoms with E-state index in [0.29, 0.717) is 0 Å². The standard InChI is InChI=1S/C17H16O3S/c1-13(18)16(21-15-10-6-3-7-11-15)17(19)20-12-14-8-4-2-5-9-14/h2-11,16H,12H2,1H3. The Hall–Kier alpha value is -2.07. The zero-order valence-corrected chi connectivity index (χ0v) is 12.5. The summed E-state index contributed by atoms with van der Waals surface area (Å²) in [7, 11) is 0. The van der Waals surface area contributed by atoms with Gasteiger partial charge in [-0.1, -0.05) is 48.5 Å². The molecule has 0 fully saturated rings. The normalized spacial score (nSPS) is 11.7. The van der Waals surface area contributed by atoms with Gasteiger partial charge >= 0.3 is 5.97 Å². The number of hydrogen-bond acceptors (Lipinski definition) is 4. The number of Topliss-reactive ketones (excluding diaryl/α,β-unsaturated/α-hetero) is 1. The van der Waals surface area contributed by atoms with Crippen molar-refractivity contribution in [2.75, 3.05) is 0 Å². The van der Waals surface area contributed by atoms with Crippen LogP contribution in [-0.2, 0) is 20.9 Å². The van der Waals surface area contributed by atoms with Gasteiger partial charge in [0.05, 0.1) is 0 Å². The molecule has 108 valence electrons. The van der Waals surface area contributed by atoms with Gasteiger partial charge in [-0.2, -0.15) is 0 Å². The fourth-order valence-electron chi connectivity index (χ4n) is 1.74. The lowest BCUT2D eigenvalue weighted by Gasteiger charge is -2.13. The topological polar surface area (TPSA) is 43.4 Å². The Kier molecular flexibility index (Phi) is 5.58. The third-order valence-corrected chi connectivity index (χ3v) is 4.11. The lowest BCUT2D eigenvalue weighted by atomic mass is 10.2. The van der Waals surface area contributed by atoms with Crippen LogP contribution in [0.2, 0.25) is 0 Å². The molecule has 0 aliphatic heterocycles. The second-order valence-electron chi connectivity index (χ2n) is 4.51. The highest BCUT2D eigenvalue weighted by atomic mass is 32.2. The highest BCUT2D eigenvalue weighted by Gasteiger charge is 2.26. The number of carbonyl (C=O) groups excluding carboxylic acids is 2. The van der Waals surface area contributed by atoms with Gasteiger partial charge in [0.25, 0.3) is 0 Å². The summed E-state index contributed by atoms with van der Waals surface area (Å²) in [6, 6.07) is 18.8. The van der Waals surface area contributed by atoms with Crippen molar-refractivity contribution in [2.24, 2.45) is 0 Å². The minimum absolute atomic E-state index is 0.179. The number of rotatable bonds is 6.